The zero-order chi connectivity index (χ0) is 25.2. The molecule has 6 nitrogen and oxygen atoms in total. The molecule has 0 aliphatic carbocycles. The van der Waals surface area contributed by atoms with Crippen molar-refractivity contribution in [2.24, 2.45) is 5.10 Å². The minimum Gasteiger partial charge on any atom is -0.434 e. The van der Waals surface area contributed by atoms with E-state index in [4.69, 9.17) is 0 Å². The number of hydrogen-bond donors (Lipinski definition) is 1. The Morgan fingerprint density at radius 1 is 0.889 bits per heavy atom. The Morgan fingerprint density at radius 3 is 2.08 bits per heavy atom. The molecule has 188 valence electrons. The Balaban J connectivity index is 1.26. The van der Waals surface area contributed by atoms with Gasteiger partial charge in [0.1, 0.15) is 5.75 Å². The molecular formula is C28H30F2N4O2. The highest BCUT2D eigenvalue weighted by Crippen LogP contribution is 2.29. The van der Waals surface area contributed by atoms with Gasteiger partial charge < -0.3 is 9.64 Å². The number of alkyl halides is 2. The third-order valence-corrected chi connectivity index (χ3v) is 6.19. The van der Waals surface area contributed by atoms with E-state index in [1.165, 1.54) is 23.4 Å². The molecule has 36 heavy (non-hydrogen) atoms. The van der Waals surface area contributed by atoms with Crippen LogP contribution in [0.2, 0.25) is 0 Å². The van der Waals surface area contributed by atoms with Crippen LogP contribution in [0.3, 0.4) is 0 Å². The molecule has 0 atom stereocenters. The number of nitrogens with zero attached hydrogens (tertiary/aromatic N) is 3. The van der Waals surface area contributed by atoms with Crippen LogP contribution in [-0.2, 0) is 4.79 Å². The second-order valence-corrected chi connectivity index (χ2v) is 8.56. The van der Waals surface area contributed by atoms with Gasteiger partial charge in [-0.05, 0) is 23.3 Å². The molecule has 3 aromatic rings. The smallest absolute Gasteiger partial charge is 0.387 e. The van der Waals surface area contributed by atoms with Crippen molar-refractivity contribution in [2.75, 3.05) is 32.7 Å². The maximum atomic E-state index is 12.5. The highest BCUT2D eigenvalue weighted by atomic mass is 19.3. The fraction of sp³-hybridized carbons (Fsp3) is 0.286. The first-order chi connectivity index (χ1) is 17.6. The summed E-state index contributed by atoms with van der Waals surface area (Å²) < 4.78 is 29.5. The van der Waals surface area contributed by atoms with Gasteiger partial charge in [-0.15, -0.1) is 0 Å². The predicted octanol–water partition coefficient (Wildman–Crippen LogP) is 4.54. The Morgan fingerprint density at radius 2 is 1.47 bits per heavy atom. The number of benzene rings is 3. The fourth-order valence-corrected chi connectivity index (χ4v) is 4.41. The first-order valence-corrected chi connectivity index (χ1v) is 12.0. The molecule has 1 N–H and O–H groups in total. The lowest BCUT2D eigenvalue weighted by molar-refractivity contribution is -0.121. The summed E-state index contributed by atoms with van der Waals surface area (Å²) in [7, 11) is 0. The summed E-state index contributed by atoms with van der Waals surface area (Å²) in [6.45, 7) is 1.23. The predicted molar refractivity (Wildman–Crippen MR) is 136 cm³/mol. The third kappa shape index (κ3) is 7.19. The zero-order valence-electron chi connectivity index (χ0n) is 20.0. The van der Waals surface area contributed by atoms with Crippen LogP contribution in [0.4, 0.5) is 8.78 Å². The van der Waals surface area contributed by atoms with Crippen LogP contribution in [0.1, 0.15) is 29.2 Å². The van der Waals surface area contributed by atoms with E-state index in [2.05, 4.69) is 73.6 Å². The highest BCUT2D eigenvalue weighted by Gasteiger charge is 2.26. The SMILES string of the molecule is O=C(CCN1CCN(C(c2ccccc2)c2ccccc2)CC1)NN=Cc1ccccc1OC(F)F. The number of piperazine rings is 1. The average molecular weight is 493 g/mol. The minimum atomic E-state index is -2.93. The lowest BCUT2D eigenvalue weighted by Crippen LogP contribution is -2.48. The number of carbonyl (C=O) groups excluding carboxylic acids is 1. The number of nitrogens with one attached hydrogen (secondary N) is 1. The van der Waals surface area contributed by atoms with Gasteiger partial charge in [-0.1, -0.05) is 72.8 Å². The van der Waals surface area contributed by atoms with E-state index >= 15 is 0 Å². The Kier molecular flexibility index (Phi) is 9.13. The Labute approximate surface area is 210 Å². The number of para-hydroxylation sites is 1. The Bertz CT molecular complexity index is 1080. The maximum absolute atomic E-state index is 12.5. The first-order valence-electron chi connectivity index (χ1n) is 12.0. The molecular weight excluding hydrogens is 462 g/mol. The molecule has 1 heterocycles. The number of hydrogen-bond acceptors (Lipinski definition) is 5. The van der Waals surface area contributed by atoms with Crippen LogP contribution < -0.4 is 10.2 Å². The van der Waals surface area contributed by atoms with Crippen LogP contribution in [0.5, 0.6) is 5.75 Å². The monoisotopic (exact) mass is 492 g/mol. The molecule has 0 unspecified atom stereocenters. The molecule has 1 amide bonds. The van der Waals surface area contributed by atoms with E-state index in [1.54, 1.807) is 18.2 Å². The average Bonchev–Trinajstić information content (AvgIpc) is 2.90. The molecule has 4 rings (SSSR count). The van der Waals surface area contributed by atoms with E-state index in [-0.39, 0.29) is 17.7 Å². The number of ether oxygens (including phenoxy) is 1. The molecule has 0 saturated carbocycles. The summed E-state index contributed by atoms with van der Waals surface area (Å²) in [5.41, 5.74) is 5.38. The molecule has 0 spiro atoms. The van der Waals surface area contributed by atoms with Gasteiger partial charge in [-0.2, -0.15) is 13.9 Å². The van der Waals surface area contributed by atoms with Crippen molar-refractivity contribution >= 4 is 12.1 Å². The fourth-order valence-electron chi connectivity index (χ4n) is 4.41. The van der Waals surface area contributed by atoms with Crippen LogP contribution in [0.15, 0.2) is 90.0 Å². The molecule has 8 heteroatoms. The van der Waals surface area contributed by atoms with Crippen molar-refractivity contribution in [3.8, 4) is 5.75 Å². The van der Waals surface area contributed by atoms with E-state index in [0.29, 0.717) is 18.5 Å². The first kappa shape index (κ1) is 25.5. The third-order valence-electron chi connectivity index (χ3n) is 6.19. The van der Waals surface area contributed by atoms with Crippen LogP contribution >= 0.6 is 0 Å². The van der Waals surface area contributed by atoms with Gasteiger partial charge in [0.05, 0.1) is 12.3 Å². The van der Waals surface area contributed by atoms with Crippen molar-refractivity contribution < 1.29 is 18.3 Å². The topological polar surface area (TPSA) is 57.2 Å². The van der Waals surface area contributed by atoms with Crippen molar-refractivity contribution in [3.05, 3.63) is 102 Å². The summed E-state index contributed by atoms with van der Waals surface area (Å²) in [4.78, 5) is 17.0. The van der Waals surface area contributed by atoms with Gasteiger partial charge in [0.2, 0.25) is 5.91 Å². The highest BCUT2D eigenvalue weighted by molar-refractivity contribution is 5.85. The van der Waals surface area contributed by atoms with Gasteiger partial charge >= 0.3 is 6.61 Å². The number of hydrazone groups is 1. The molecule has 0 radical (unpaired) electrons. The zero-order valence-corrected chi connectivity index (χ0v) is 20.0. The number of amides is 1. The van der Waals surface area contributed by atoms with Gasteiger partial charge in [-0.25, -0.2) is 5.43 Å². The van der Waals surface area contributed by atoms with Crippen molar-refractivity contribution in [2.45, 2.75) is 19.1 Å². The van der Waals surface area contributed by atoms with E-state index in [1.807, 2.05) is 12.1 Å². The summed E-state index contributed by atoms with van der Waals surface area (Å²) in [6, 6.07) is 27.6. The van der Waals surface area contributed by atoms with Crippen molar-refractivity contribution in [1.29, 1.82) is 0 Å². The van der Waals surface area contributed by atoms with Gasteiger partial charge in [0, 0.05) is 44.7 Å². The molecule has 1 fully saturated rings. The van der Waals surface area contributed by atoms with Gasteiger partial charge in [0.15, 0.2) is 0 Å². The summed E-state index contributed by atoms with van der Waals surface area (Å²) in [5, 5.41) is 3.90. The standard InChI is InChI=1S/C28H30F2N4O2/c29-28(30)36-25-14-8-7-13-24(25)21-31-32-26(35)15-16-33-17-19-34(20-18-33)27(22-9-3-1-4-10-22)23-11-5-2-6-12-23/h1-14,21,27-28H,15-20H2,(H,32,35). The largest absolute Gasteiger partial charge is 0.434 e. The molecule has 0 aromatic heterocycles. The number of halogens is 2. The molecule has 0 bridgehead atoms. The maximum Gasteiger partial charge on any atom is 0.387 e. The normalized spacial score (nSPS) is 15.0. The minimum absolute atomic E-state index is 0.00711. The second-order valence-electron chi connectivity index (χ2n) is 8.56. The van der Waals surface area contributed by atoms with Crippen molar-refractivity contribution in [3.63, 3.8) is 0 Å². The number of rotatable bonds is 10. The molecule has 3 aromatic carbocycles. The molecule has 1 aliphatic rings. The lowest BCUT2D eigenvalue weighted by Gasteiger charge is -2.39. The lowest BCUT2D eigenvalue weighted by atomic mass is 9.96. The molecule has 1 saturated heterocycles. The van der Waals surface area contributed by atoms with Crippen LogP contribution in [-0.4, -0.2) is 61.3 Å². The quantitative estimate of drug-likeness (QED) is 0.334. The van der Waals surface area contributed by atoms with E-state index in [9.17, 15) is 13.6 Å². The van der Waals surface area contributed by atoms with E-state index in [0.717, 1.165) is 26.2 Å². The van der Waals surface area contributed by atoms with Crippen LogP contribution in [0.25, 0.3) is 0 Å². The summed E-state index contributed by atoms with van der Waals surface area (Å²) in [6.07, 6.45) is 1.61. The van der Waals surface area contributed by atoms with Gasteiger partial charge in [-0.3, -0.25) is 9.69 Å². The Hall–Kier alpha value is -3.62. The number of carbonyl (C=O) groups is 1. The molecule has 1 aliphatic heterocycles. The van der Waals surface area contributed by atoms with Gasteiger partial charge in [0.25, 0.3) is 0 Å². The van der Waals surface area contributed by atoms with Crippen LogP contribution in [0, 0.1) is 0 Å². The summed E-state index contributed by atoms with van der Waals surface area (Å²) in [5.74, 6) is -0.222. The second kappa shape index (κ2) is 12.9. The van der Waals surface area contributed by atoms with E-state index < -0.39 is 6.61 Å². The summed E-state index contributed by atoms with van der Waals surface area (Å²) >= 11 is 0. The van der Waals surface area contributed by atoms with Crippen molar-refractivity contribution in [1.82, 2.24) is 15.2 Å².